The summed E-state index contributed by atoms with van der Waals surface area (Å²) in [6.45, 7) is 0.427. The number of aliphatic hydroxyl groups is 1. The predicted octanol–water partition coefficient (Wildman–Crippen LogP) is -2.44. The molecule has 13 heavy (non-hydrogen) atoms. The standard InChI is InChI=1S/C7H15N3O3/c1-9-3-2-6(12)10-4-5(11)7(8)13/h5,9,11H,2-4H2,1H3,(H2,8,13)(H,10,12). The maximum absolute atomic E-state index is 10.9. The zero-order valence-corrected chi connectivity index (χ0v) is 7.54. The summed E-state index contributed by atoms with van der Waals surface area (Å²) >= 11 is 0. The molecule has 0 aromatic heterocycles. The molecule has 0 aromatic rings. The van der Waals surface area contributed by atoms with Gasteiger partial charge >= 0.3 is 0 Å². The third kappa shape index (κ3) is 6.06. The molecule has 0 heterocycles. The fourth-order valence-electron chi connectivity index (χ4n) is 0.638. The van der Waals surface area contributed by atoms with E-state index in [1.54, 1.807) is 7.05 Å². The van der Waals surface area contributed by atoms with Gasteiger partial charge in [0.2, 0.25) is 11.8 Å². The summed E-state index contributed by atoms with van der Waals surface area (Å²) in [6.07, 6.45) is -0.999. The van der Waals surface area contributed by atoms with Gasteiger partial charge in [0.1, 0.15) is 6.10 Å². The van der Waals surface area contributed by atoms with Gasteiger partial charge in [0.25, 0.3) is 0 Å². The second-order valence-corrected chi connectivity index (χ2v) is 2.58. The van der Waals surface area contributed by atoms with Crippen molar-refractivity contribution in [3.8, 4) is 0 Å². The van der Waals surface area contributed by atoms with Crippen LogP contribution in [0.15, 0.2) is 0 Å². The summed E-state index contributed by atoms with van der Waals surface area (Å²) in [7, 11) is 1.73. The van der Waals surface area contributed by atoms with E-state index in [-0.39, 0.29) is 12.5 Å². The Kier molecular flexibility index (Phi) is 5.82. The van der Waals surface area contributed by atoms with Crippen LogP contribution in [0.25, 0.3) is 0 Å². The Morgan fingerprint density at radius 1 is 1.54 bits per heavy atom. The molecule has 0 aromatic carbocycles. The first-order valence-electron chi connectivity index (χ1n) is 3.96. The van der Waals surface area contributed by atoms with Crippen molar-refractivity contribution in [1.29, 1.82) is 0 Å². The van der Waals surface area contributed by atoms with E-state index in [0.717, 1.165) is 0 Å². The van der Waals surface area contributed by atoms with Crippen molar-refractivity contribution in [1.82, 2.24) is 10.6 Å². The molecule has 0 spiro atoms. The molecular formula is C7H15N3O3. The third-order valence-electron chi connectivity index (χ3n) is 1.42. The number of nitrogens with one attached hydrogen (secondary N) is 2. The van der Waals surface area contributed by atoms with Gasteiger partial charge in [0.05, 0.1) is 6.54 Å². The lowest BCUT2D eigenvalue weighted by atomic mass is 10.3. The number of rotatable bonds is 6. The highest BCUT2D eigenvalue weighted by Crippen LogP contribution is 1.80. The van der Waals surface area contributed by atoms with Gasteiger partial charge in [-0.1, -0.05) is 0 Å². The summed E-state index contributed by atoms with van der Waals surface area (Å²) in [5.74, 6) is -1.07. The predicted molar refractivity (Wildman–Crippen MR) is 46.8 cm³/mol. The number of hydrogen-bond acceptors (Lipinski definition) is 4. The zero-order valence-electron chi connectivity index (χ0n) is 7.54. The molecule has 6 heteroatoms. The van der Waals surface area contributed by atoms with Gasteiger partial charge in [0.15, 0.2) is 0 Å². The van der Waals surface area contributed by atoms with Crippen LogP contribution in [-0.2, 0) is 9.59 Å². The molecule has 0 rings (SSSR count). The molecule has 6 nitrogen and oxygen atoms in total. The fourth-order valence-corrected chi connectivity index (χ4v) is 0.638. The topological polar surface area (TPSA) is 104 Å². The molecule has 0 saturated carbocycles. The number of carbonyl (C=O) groups excluding carboxylic acids is 2. The molecule has 0 radical (unpaired) electrons. The van der Waals surface area contributed by atoms with E-state index >= 15 is 0 Å². The van der Waals surface area contributed by atoms with E-state index in [1.807, 2.05) is 0 Å². The first-order chi connectivity index (χ1) is 6.07. The van der Waals surface area contributed by atoms with E-state index in [4.69, 9.17) is 10.8 Å². The highest BCUT2D eigenvalue weighted by molar-refractivity contribution is 5.80. The highest BCUT2D eigenvalue weighted by atomic mass is 16.3. The minimum Gasteiger partial charge on any atom is -0.381 e. The van der Waals surface area contributed by atoms with Crippen LogP contribution in [0.4, 0.5) is 0 Å². The number of hydrogen-bond donors (Lipinski definition) is 4. The Labute approximate surface area is 76.5 Å². The number of amides is 2. The van der Waals surface area contributed by atoms with Gasteiger partial charge < -0.3 is 21.5 Å². The molecular weight excluding hydrogens is 174 g/mol. The molecule has 1 unspecified atom stereocenters. The van der Waals surface area contributed by atoms with Crippen LogP contribution in [0.1, 0.15) is 6.42 Å². The summed E-state index contributed by atoms with van der Waals surface area (Å²) < 4.78 is 0. The van der Waals surface area contributed by atoms with Crippen molar-refractivity contribution >= 4 is 11.8 Å². The number of carbonyl (C=O) groups is 2. The van der Waals surface area contributed by atoms with Crippen molar-refractivity contribution in [3.05, 3.63) is 0 Å². The summed E-state index contributed by atoms with van der Waals surface area (Å²) in [5.41, 5.74) is 4.77. The quantitative estimate of drug-likeness (QED) is 0.372. The molecule has 1 atom stereocenters. The molecule has 0 aliphatic heterocycles. The molecule has 2 amide bonds. The molecule has 0 bridgehead atoms. The lowest BCUT2D eigenvalue weighted by Gasteiger charge is -2.07. The zero-order chi connectivity index (χ0) is 10.3. The average molecular weight is 189 g/mol. The summed E-state index contributed by atoms with van der Waals surface area (Å²) in [4.78, 5) is 21.2. The first kappa shape index (κ1) is 11.9. The smallest absolute Gasteiger partial charge is 0.248 e. The average Bonchev–Trinajstić information content (AvgIpc) is 2.10. The Morgan fingerprint density at radius 3 is 2.62 bits per heavy atom. The van der Waals surface area contributed by atoms with Crippen LogP contribution in [0, 0.1) is 0 Å². The van der Waals surface area contributed by atoms with Gasteiger partial charge in [-0.25, -0.2) is 0 Å². The fraction of sp³-hybridized carbons (Fsp3) is 0.714. The first-order valence-corrected chi connectivity index (χ1v) is 3.96. The normalized spacial score (nSPS) is 12.2. The molecule has 0 saturated heterocycles. The lowest BCUT2D eigenvalue weighted by Crippen LogP contribution is -2.40. The lowest BCUT2D eigenvalue weighted by molar-refractivity contribution is -0.127. The Bertz CT molecular complexity index is 184. The van der Waals surface area contributed by atoms with Crippen LogP contribution in [-0.4, -0.2) is 43.2 Å². The number of aliphatic hydroxyl groups excluding tert-OH is 1. The Balaban J connectivity index is 3.52. The molecule has 0 aliphatic carbocycles. The highest BCUT2D eigenvalue weighted by Gasteiger charge is 2.11. The van der Waals surface area contributed by atoms with Crippen molar-refractivity contribution in [3.63, 3.8) is 0 Å². The van der Waals surface area contributed by atoms with Crippen molar-refractivity contribution in [2.24, 2.45) is 5.73 Å². The number of nitrogens with two attached hydrogens (primary N) is 1. The van der Waals surface area contributed by atoms with Crippen LogP contribution in [0.3, 0.4) is 0 Å². The van der Waals surface area contributed by atoms with Crippen LogP contribution in [0.5, 0.6) is 0 Å². The van der Waals surface area contributed by atoms with E-state index < -0.39 is 12.0 Å². The molecule has 5 N–H and O–H groups in total. The minimum absolute atomic E-state index is 0.127. The van der Waals surface area contributed by atoms with Gasteiger partial charge in [0, 0.05) is 13.0 Å². The SMILES string of the molecule is CNCCC(=O)NCC(O)C(N)=O. The maximum atomic E-state index is 10.9. The molecule has 0 fully saturated rings. The second kappa shape index (κ2) is 6.38. The van der Waals surface area contributed by atoms with Gasteiger partial charge in [-0.05, 0) is 7.05 Å². The maximum Gasteiger partial charge on any atom is 0.248 e. The van der Waals surface area contributed by atoms with Crippen molar-refractivity contribution in [2.75, 3.05) is 20.1 Å². The van der Waals surface area contributed by atoms with Gasteiger partial charge in [-0.15, -0.1) is 0 Å². The van der Waals surface area contributed by atoms with Crippen LogP contribution in [0.2, 0.25) is 0 Å². The van der Waals surface area contributed by atoms with Crippen LogP contribution >= 0.6 is 0 Å². The van der Waals surface area contributed by atoms with Crippen molar-refractivity contribution in [2.45, 2.75) is 12.5 Å². The second-order valence-electron chi connectivity index (χ2n) is 2.58. The summed E-state index contributed by atoms with van der Waals surface area (Å²) in [6, 6.07) is 0. The third-order valence-corrected chi connectivity index (χ3v) is 1.42. The van der Waals surface area contributed by atoms with Crippen LogP contribution < -0.4 is 16.4 Å². The van der Waals surface area contributed by atoms with Gasteiger partial charge in [-0.2, -0.15) is 0 Å². The minimum atomic E-state index is -1.31. The Morgan fingerprint density at radius 2 is 2.15 bits per heavy atom. The number of primary amides is 1. The van der Waals surface area contributed by atoms with Crippen molar-refractivity contribution < 1.29 is 14.7 Å². The monoisotopic (exact) mass is 189 g/mol. The van der Waals surface area contributed by atoms with E-state index in [2.05, 4.69) is 10.6 Å². The largest absolute Gasteiger partial charge is 0.381 e. The van der Waals surface area contributed by atoms with E-state index in [9.17, 15) is 9.59 Å². The molecule has 0 aliphatic rings. The van der Waals surface area contributed by atoms with E-state index in [1.165, 1.54) is 0 Å². The van der Waals surface area contributed by atoms with E-state index in [0.29, 0.717) is 13.0 Å². The summed E-state index contributed by atoms with van der Waals surface area (Å²) in [5, 5.41) is 14.1. The van der Waals surface area contributed by atoms with Gasteiger partial charge in [-0.3, -0.25) is 9.59 Å². The molecule has 76 valence electrons. The Hall–Kier alpha value is -1.14.